The van der Waals surface area contributed by atoms with E-state index in [1.165, 1.54) is 11.6 Å². The molecule has 2 aromatic carbocycles. The van der Waals surface area contributed by atoms with Gasteiger partial charge >= 0.3 is 5.97 Å². The molecule has 3 nitrogen and oxygen atoms in total. The molecular formula is C20H17NO2S. The molecule has 0 aliphatic rings. The monoisotopic (exact) mass is 335 g/mol. The van der Waals surface area contributed by atoms with Gasteiger partial charge in [-0.1, -0.05) is 54.6 Å². The molecule has 120 valence electrons. The minimum Gasteiger partial charge on any atom is -0.458 e. The van der Waals surface area contributed by atoms with E-state index >= 15 is 0 Å². The van der Waals surface area contributed by atoms with Crippen LogP contribution in [0.3, 0.4) is 0 Å². The van der Waals surface area contributed by atoms with Crippen molar-refractivity contribution in [3.05, 3.63) is 82.3 Å². The maximum absolute atomic E-state index is 11.8. The Morgan fingerprint density at radius 2 is 1.79 bits per heavy atom. The zero-order chi connectivity index (χ0) is 16.8. The smallest absolute Gasteiger partial charge is 0.331 e. The first kappa shape index (κ1) is 16.1. The lowest BCUT2D eigenvalue weighted by molar-refractivity contribution is -0.138. The molecule has 4 heteroatoms. The average molecular weight is 335 g/mol. The summed E-state index contributed by atoms with van der Waals surface area (Å²) < 4.78 is 5.25. The Kier molecular flexibility index (Phi) is 5.18. The van der Waals surface area contributed by atoms with E-state index < -0.39 is 0 Å². The van der Waals surface area contributed by atoms with Crippen molar-refractivity contribution < 1.29 is 9.53 Å². The van der Waals surface area contributed by atoms with E-state index in [4.69, 9.17) is 4.74 Å². The number of nitrogens with zero attached hydrogens (tertiary/aromatic N) is 1. The Bertz CT molecular complexity index is 836. The van der Waals surface area contributed by atoms with E-state index in [0.717, 1.165) is 21.8 Å². The third-order valence-corrected chi connectivity index (χ3v) is 4.26. The summed E-state index contributed by atoms with van der Waals surface area (Å²) in [4.78, 5) is 16.0. The first-order valence-electron chi connectivity index (χ1n) is 7.62. The van der Waals surface area contributed by atoms with Crippen molar-refractivity contribution in [3.63, 3.8) is 0 Å². The van der Waals surface area contributed by atoms with Gasteiger partial charge in [-0.05, 0) is 29.7 Å². The average Bonchev–Trinajstić information content (AvgIpc) is 3.05. The van der Waals surface area contributed by atoms with Gasteiger partial charge in [-0.2, -0.15) is 0 Å². The van der Waals surface area contributed by atoms with E-state index in [0.29, 0.717) is 0 Å². The summed E-state index contributed by atoms with van der Waals surface area (Å²) in [6, 6.07) is 18.2. The lowest BCUT2D eigenvalue weighted by Gasteiger charge is -2.05. The Hall–Kier alpha value is -2.72. The number of aromatic nitrogens is 1. The summed E-state index contributed by atoms with van der Waals surface area (Å²) in [6.45, 7) is 2.19. The molecule has 0 aliphatic heterocycles. The molecular weight excluding hydrogens is 318 g/mol. The lowest BCUT2D eigenvalue weighted by Crippen LogP contribution is -2.00. The minimum absolute atomic E-state index is 0.258. The van der Waals surface area contributed by atoms with Gasteiger partial charge in [-0.3, -0.25) is 0 Å². The van der Waals surface area contributed by atoms with E-state index in [9.17, 15) is 4.79 Å². The molecule has 0 bridgehead atoms. The van der Waals surface area contributed by atoms with Gasteiger partial charge in [0.15, 0.2) is 0 Å². The maximum Gasteiger partial charge on any atom is 0.331 e. The van der Waals surface area contributed by atoms with E-state index in [2.05, 4.69) is 17.1 Å². The quantitative estimate of drug-likeness (QED) is 0.493. The van der Waals surface area contributed by atoms with Gasteiger partial charge < -0.3 is 4.74 Å². The zero-order valence-electron chi connectivity index (χ0n) is 13.3. The van der Waals surface area contributed by atoms with Crippen molar-refractivity contribution in [2.24, 2.45) is 0 Å². The van der Waals surface area contributed by atoms with Crippen LogP contribution in [0.4, 0.5) is 0 Å². The Labute approximate surface area is 145 Å². The Balaban J connectivity index is 1.55. The van der Waals surface area contributed by atoms with Crippen LogP contribution in [-0.4, -0.2) is 11.0 Å². The molecule has 0 saturated heterocycles. The molecule has 0 saturated carbocycles. The zero-order valence-corrected chi connectivity index (χ0v) is 14.1. The van der Waals surface area contributed by atoms with Gasteiger partial charge in [0.05, 0.1) is 10.7 Å². The molecule has 3 aromatic rings. The van der Waals surface area contributed by atoms with Crippen LogP contribution < -0.4 is 0 Å². The highest BCUT2D eigenvalue weighted by atomic mass is 32.1. The molecule has 0 unspecified atom stereocenters. The SMILES string of the molecule is Cc1nc(/C=C/C(=O)OCc2ccc(-c3ccccc3)cc2)cs1. The van der Waals surface area contributed by atoms with Gasteiger partial charge in [0.2, 0.25) is 0 Å². The van der Waals surface area contributed by atoms with Crippen molar-refractivity contribution in [2.45, 2.75) is 13.5 Å². The minimum atomic E-state index is -0.368. The van der Waals surface area contributed by atoms with Crippen molar-refractivity contribution >= 4 is 23.4 Å². The molecule has 0 N–H and O–H groups in total. The normalized spacial score (nSPS) is 10.9. The number of rotatable bonds is 5. The predicted molar refractivity (Wildman–Crippen MR) is 97.6 cm³/mol. The second-order valence-electron chi connectivity index (χ2n) is 5.30. The summed E-state index contributed by atoms with van der Waals surface area (Å²) in [5, 5.41) is 2.88. The third kappa shape index (κ3) is 4.40. The molecule has 0 spiro atoms. The number of aryl methyl sites for hydroxylation is 1. The molecule has 0 radical (unpaired) electrons. The van der Waals surface area contributed by atoms with Crippen molar-refractivity contribution in [3.8, 4) is 11.1 Å². The fraction of sp³-hybridized carbons (Fsp3) is 0.100. The number of hydrogen-bond acceptors (Lipinski definition) is 4. The number of benzene rings is 2. The lowest BCUT2D eigenvalue weighted by atomic mass is 10.0. The highest BCUT2D eigenvalue weighted by Crippen LogP contribution is 2.19. The summed E-state index contributed by atoms with van der Waals surface area (Å²) in [7, 11) is 0. The fourth-order valence-electron chi connectivity index (χ4n) is 2.24. The number of carbonyl (C=O) groups is 1. The molecule has 0 atom stereocenters. The topological polar surface area (TPSA) is 39.2 Å². The summed E-state index contributed by atoms with van der Waals surface area (Å²) >= 11 is 1.55. The van der Waals surface area contributed by atoms with Gasteiger partial charge in [0, 0.05) is 11.5 Å². The number of carbonyl (C=O) groups excluding carboxylic acids is 1. The van der Waals surface area contributed by atoms with Crippen LogP contribution in [-0.2, 0) is 16.1 Å². The molecule has 0 fully saturated rings. The van der Waals surface area contributed by atoms with Gasteiger partial charge in [-0.25, -0.2) is 9.78 Å². The Morgan fingerprint density at radius 3 is 2.46 bits per heavy atom. The van der Waals surface area contributed by atoms with Crippen molar-refractivity contribution in [1.82, 2.24) is 4.98 Å². The number of ether oxygens (including phenoxy) is 1. The summed E-state index contributed by atoms with van der Waals surface area (Å²) in [6.07, 6.45) is 3.08. The second-order valence-corrected chi connectivity index (χ2v) is 6.36. The summed E-state index contributed by atoms with van der Waals surface area (Å²) in [5.41, 5.74) is 4.05. The van der Waals surface area contributed by atoms with Crippen LogP contribution >= 0.6 is 11.3 Å². The van der Waals surface area contributed by atoms with Crippen LogP contribution in [0.15, 0.2) is 66.1 Å². The van der Waals surface area contributed by atoms with Gasteiger partial charge in [-0.15, -0.1) is 11.3 Å². The highest BCUT2D eigenvalue weighted by molar-refractivity contribution is 7.09. The van der Waals surface area contributed by atoms with Crippen LogP contribution in [0.1, 0.15) is 16.3 Å². The standard InChI is InChI=1S/C20H17NO2S/c1-15-21-19(14-24-15)11-12-20(22)23-13-16-7-9-18(10-8-16)17-5-3-2-4-6-17/h2-12,14H,13H2,1H3/b12-11+. The second kappa shape index (κ2) is 7.70. The molecule has 0 aliphatic carbocycles. The predicted octanol–water partition coefficient (Wildman–Crippen LogP) is 4.88. The Morgan fingerprint density at radius 1 is 1.08 bits per heavy atom. The molecule has 1 aromatic heterocycles. The number of thiazole rings is 1. The van der Waals surface area contributed by atoms with Crippen LogP contribution in [0.25, 0.3) is 17.2 Å². The van der Waals surface area contributed by atoms with E-state index in [1.807, 2.05) is 54.8 Å². The molecule has 3 rings (SSSR count). The molecule has 1 heterocycles. The van der Waals surface area contributed by atoms with E-state index in [-0.39, 0.29) is 12.6 Å². The first-order chi connectivity index (χ1) is 11.7. The third-order valence-electron chi connectivity index (χ3n) is 3.47. The number of esters is 1. The summed E-state index contributed by atoms with van der Waals surface area (Å²) in [5.74, 6) is -0.368. The maximum atomic E-state index is 11.8. The largest absolute Gasteiger partial charge is 0.458 e. The fourth-order valence-corrected chi connectivity index (χ4v) is 2.82. The van der Waals surface area contributed by atoms with Crippen LogP contribution in [0, 0.1) is 6.92 Å². The molecule has 24 heavy (non-hydrogen) atoms. The molecule has 0 amide bonds. The van der Waals surface area contributed by atoms with Crippen molar-refractivity contribution in [1.29, 1.82) is 0 Å². The van der Waals surface area contributed by atoms with Crippen molar-refractivity contribution in [2.75, 3.05) is 0 Å². The van der Waals surface area contributed by atoms with E-state index in [1.54, 1.807) is 17.4 Å². The number of hydrogen-bond donors (Lipinski definition) is 0. The van der Waals surface area contributed by atoms with Gasteiger partial charge in [0.25, 0.3) is 0 Å². The van der Waals surface area contributed by atoms with Crippen LogP contribution in [0.2, 0.25) is 0 Å². The van der Waals surface area contributed by atoms with Gasteiger partial charge in [0.1, 0.15) is 6.61 Å². The van der Waals surface area contributed by atoms with Crippen LogP contribution in [0.5, 0.6) is 0 Å². The highest BCUT2D eigenvalue weighted by Gasteiger charge is 2.01. The first-order valence-corrected chi connectivity index (χ1v) is 8.50.